The molecule has 0 aliphatic rings. The van der Waals surface area contributed by atoms with Crippen molar-refractivity contribution in [3.63, 3.8) is 0 Å². The minimum absolute atomic E-state index is 0.0674. The van der Waals surface area contributed by atoms with Crippen LogP contribution in [0.15, 0.2) is 48.8 Å². The Morgan fingerprint density at radius 1 is 1.30 bits per heavy atom. The van der Waals surface area contributed by atoms with Gasteiger partial charge in [-0.1, -0.05) is 29.8 Å². The molecule has 104 valence electrons. The SMILES string of the molecule is C[C@@](O)(CNC(=O)c1ccncc1)c1ccccc1Cl. The third kappa shape index (κ3) is 3.35. The van der Waals surface area contributed by atoms with Gasteiger partial charge in [-0.15, -0.1) is 0 Å². The number of nitrogens with zero attached hydrogens (tertiary/aromatic N) is 1. The Balaban J connectivity index is 2.07. The predicted octanol–water partition coefficient (Wildman–Crippen LogP) is 2.37. The van der Waals surface area contributed by atoms with Crippen LogP contribution in [0.3, 0.4) is 0 Å². The molecule has 1 aromatic carbocycles. The average Bonchev–Trinajstić information content (AvgIpc) is 2.46. The quantitative estimate of drug-likeness (QED) is 0.909. The molecule has 0 saturated heterocycles. The van der Waals surface area contributed by atoms with E-state index in [0.717, 1.165) is 0 Å². The largest absolute Gasteiger partial charge is 0.384 e. The Bertz CT molecular complexity index is 600. The molecule has 1 atom stereocenters. The van der Waals surface area contributed by atoms with Crippen LogP contribution >= 0.6 is 11.6 Å². The van der Waals surface area contributed by atoms with Gasteiger partial charge in [-0.05, 0) is 25.1 Å². The zero-order valence-corrected chi connectivity index (χ0v) is 11.8. The van der Waals surface area contributed by atoms with E-state index in [1.165, 1.54) is 0 Å². The number of carbonyl (C=O) groups is 1. The van der Waals surface area contributed by atoms with Crippen molar-refractivity contribution in [1.82, 2.24) is 10.3 Å². The number of nitrogens with one attached hydrogen (secondary N) is 1. The molecule has 0 radical (unpaired) electrons. The number of hydrogen-bond donors (Lipinski definition) is 2. The third-order valence-corrected chi connectivity index (χ3v) is 3.32. The van der Waals surface area contributed by atoms with Gasteiger partial charge < -0.3 is 10.4 Å². The molecule has 4 nitrogen and oxygen atoms in total. The van der Waals surface area contributed by atoms with Gasteiger partial charge >= 0.3 is 0 Å². The molecule has 0 bridgehead atoms. The Hall–Kier alpha value is -1.91. The lowest BCUT2D eigenvalue weighted by Crippen LogP contribution is -2.38. The topological polar surface area (TPSA) is 62.2 Å². The first-order valence-corrected chi connectivity index (χ1v) is 6.54. The summed E-state index contributed by atoms with van der Waals surface area (Å²) in [7, 11) is 0. The molecule has 2 rings (SSSR count). The van der Waals surface area contributed by atoms with Crippen LogP contribution in [-0.4, -0.2) is 22.5 Å². The summed E-state index contributed by atoms with van der Waals surface area (Å²) in [5, 5.41) is 13.6. The number of amides is 1. The van der Waals surface area contributed by atoms with Gasteiger partial charge in [0.15, 0.2) is 0 Å². The van der Waals surface area contributed by atoms with Gasteiger partial charge in [-0.25, -0.2) is 0 Å². The number of aromatic nitrogens is 1. The molecule has 0 fully saturated rings. The predicted molar refractivity (Wildman–Crippen MR) is 77.6 cm³/mol. The van der Waals surface area contributed by atoms with Crippen molar-refractivity contribution in [3.05, 3.63) is 64.9 Å². The number of benzene rings is 1. The van der Waals surface area contributed by atoms with Crippen LogP contribution in [0.1, 0.15) is 22.8 Å². The summed E-state index contributed by atoms with van der Waals surface area (Å²) < 4.78 is 0. The summed E-state index contributed by atoms with van der Waals surface area (Å²) in [6.07, 6.45) is 3.09. The molecule has 0 aliphatic heterocycles. The number of carbonyl (C=O) groups excluding carboxylic acids is 1. The molecule has 2 N–H and O–H groups in total. The van der Waals surface area contributed by atoms with Crippen molar-refractivity contribution in [1.29, 1.82) is 0 Å². The summed E-state index contributed by atoms with van der Waals surface area (Å²) in [6, 6.07) is 10.2. The van der Waals surface area contributed by atoms with Crippen LogP contribution < -0.4 is 5.32 Å². The monoisotopic (exact) mass is 290 g/mol. The van der Waals surface area contributed by atoms with E-state index in [4.69, 9.17) is 11.6 Å². The van der Waals surface area contributed by atoms with Crippen LogP contribution in [0.4, 0.5) is 0 Å². The van der Waals surface area contributed by atoms with Crippen LogP contribution in [-0.2, 0) is 5.60 Å². The van der Waals surface area contributed by atoms with Gasteiger partial charge in [0.25, 0.3) is 5.91 Å². The van der Waals surface area contributed by atoms with E-state index in [1.54, 1.807) is 55.7 Å². The molecule has 2 aromatic rings. The number of aliphatic hydroxyl groups is 1. The molecular weight excluding hydrogens is 276 g/mol. The van der Waals surface area contributed by atoms with Gasteiger partial charge in [0.05, 0.1) is 6.54 Å². The number of pyridine rings is 1. The van der Waals surface area contributed by atoms with Crippen molar-refractivity contribution in [2.75, 3.05) is 6.54 Å². The summed E-state index contributed by atoms with van der Waals surface area (Å²) in [4.78, 5) is 15.8. The highest BCUT2D eigenvalue weighted by molar-refractivity contribution is 6.31. The second kappa shape index (κ2) is 6.03. The summed E-state index contributed by atoms with van der Waals surface area (Å²) in [5.41, 5.74) is -0.159. The average molecular weight is 291 g/mol. The summed E-state index contributed by atoms with van der Waals surface area (Å²) in [6.45, 7) is 1.68. The number of rotatable bonds is 4. The Morgan fingerprint density at radius 3 is 2.60 bits per heavy atom. The maximum Gasteiger partial charge on any atom is 0.251 e. The van der Waals surface area contributed by atoms with Crippen molar-refractivity contribution in [3.8, 4) is 0 Å². The summed E-state index contributed by atoms with van der Waals surface area (Å²) in [5.74, 6) is -0.264. The Morgan fingerprint density at radius 2 is 1.95 bits per heavy atom. The fourth-order valence-electron chi connectivity index (χ4n) is 1.85. The Labute approximate surface area is 122 Å². The van der Waals surface area contributed by atoms with E-state index >= 15 is 0 Å². The normalized spacial score (nSPS) is 13.6. The lowest BCUT2D eigenvalue weighted by molar-refractivity contribution is 0.0527. The first-order chi connectivity index (χ1) is 9.50. The molecule has 20 heavy (non-hydrogen) atoms. The fourth-order valence-corrected chi connectivity index (χ4v) is 2.19. The highest BCUT2D eigenvalue weighted by Gasteiger charge is 2.26. The van der Waals surface area contributed by atoms with Crippen molar-refractivity contribution in [2.45, 2.75) is 12.5 Å². The fraction of sp³-hybridized carbons (Fsp3) is 0.200. The van der Waals surface area contributed by atoms with Crippen LogP contribution in [0.25, 0.3) is 0 Å². The molecule has 5 heteroatoms. The van der Waals surface area contributed by atoms with E-state index < -0.39 is 5.60 Å². The van der Waals surface area contributed by atoms with Gasteiger partial charge in [0.2, 0.25) is 0 Å². The van der Waals surface area contributed by atoms with E-state index in [-0.39, 0.29) is 12.5 Å². The van der Waals surface area contributed by atoms with Gasteiger partial charge in [0, 0.05) is 28.5 Å². The molecule has 0 aliphatic carbocycles. The van der Waals surface area contributed by atoms with Crippen molar-refractivity contribution >= 4 is 17.5 Å². The number of hydrogen-bond acceptors (Lipinski definition) is 3. The first-order valence-electron chi connectivity index (χ1n) is 6.16. The molecule has 1 aromatic heterocycles. The third-order valence-electron chi connectivity index (χ3n) is 2.99. The first kappa shape index (κ1) is 14.5. The standard InChI is InChI=1S/C15H15ClN2O2/c1-15(20,12-4-2-3-5-13(12)16)10-18-14(19)11-6-8-17-9-7-11/h2-9,20H,10H2,1H3,(H,18,19)/t15-/m1/s1. The van der Waals surface area contributed by atoms with Crippen LogP contribution in [0.5, 0.6) is 0 Å². The van der Waals surface area contributed by atoms with E-state index in [9.17, 15) is 9.90 Å². The zero-order valence-electron chi connectivity index (χ0n) is 11.0. The lowest BCUT2D eigenvalue weighted by Gasteiger charge is -2.25. The highest BCUT2D eigenvalue weighted by Crippen LogP contribution is 2.27. The van der Waals surface area contributed by atoms with E-state index in [2.05, 4.69) is 10.3 Å². The second-order valence-electron chi connectivity index (χ2n) is 4.67. The molecular formula is C15H15ClN2O2. The van der Waals surface area contributed by atoms with Gasteiger partial charge in [-0.3, -0.25) is 9.78 Å². The molecule has 1 amide bonds. The Kier molecular flexibility index (Phi) is 4.37. The molecule has 0 spiro atoms. The van der Waals surface area contributed by atoms with Gasteiger partial charge in [-0.2, -0.15) is 0 Å². The maximum atomic E-state index is 11.9. The second-order valence-corrected chi connectivity index (χ2v) is 5.08. The minimum Gasteiger partial charge on any atom is -0.384 e. The van der Waals surface area contributed by atoms with Crippen LogP contribution in [0, 0.1) is 0 Å². The van der Waals surface area contributed by atoms with Crippen LogP contribution in [0.2, 0.25) is 5.02 Å². The zero-order chi connectivity index (χ0) is 14.6. The van der Waals surface area contributed by atoms with E-state index in [0.29, 0.717) is 16.1 Å². The van der Waals surface area contributed by atoms with Crippen molar-refractivity contribution < 1.29 is 9.90 Å². The van der Waals surface area contributed by atoms with Gasteiger partial charge in [0.1, 0.15) is 5.60 Å². The summed E-state index contributed by atoms with van der Waals surface area (Å²) >= 11 is 6.06. The number of halogens is 1. The molecule has 0 saturated carbocycles. The molecule has 0 unspecified atom stereocenters. The smallest absolute Gasteiger partial charge is 0.251 e. The lowest BCUT2D eigenvalue weighted by atomic mass is 9.96. The minimum atomic E-state index is -1.24. The molecule has 1 heterocycles. The highest BCUT2D eigenvalue weighted by atomic mass is 35.5. The maximum absolute atomic E-state index is 11.9. The van der Waals surface area contributed by atoms with E-state index in [1.807, 2.05) is 0 Å². The van der Waals surface area contributed by atoms with Crippen molar-refractivity contribution in [2.24, 2.45) is 0 Å².